The Morgan fingerprint density at radius 3 is 3.05 bits per heavy atom. The minimum atomic E-state index is -0.393. The van der Waals surface area contributed by atoms with Crippen LogP contribution in [-0.2, 0) is 4.79 Å². The first-order valence-corrected chi connectivity index (χ1v) is 7.05. The Bertz CT molecular complexity index is 493. The molecular weight excluding hydrogens is 310 g/mol. The fourth-order valence-corrected chi connectivity index (χ4v) is 2.59. The lowest BCUT2D eigenvalue weighted by Gasteiger charge is -2.26. The zero-order valence-corrected chi connectivity index (χ0v) is 12.3. The summed E-state index contributed by atoms with van der Waals surface area (Å²) in [6.45, 7) is 0.691. The number of aromatic nitrogens is 1. The van der Waals surface area contributed by atoms with Crippen molar-refractivity contribution in [1.82, 2.24) is 15.2 Å². The van der Waals surface area contributed by atoms with Crippen molar-refractivity contribution < 1.29 is 9.59 Å². The van der Waals surface area contributed by atoms with Crippen molar-refractivity contribution in [2.24, 2.45) is 0 Å². The highest BCUT2D eigenvalue weighted by Gasteiger charge is 2.29. The highest BCUT2D eigenvalue weighted by molar-refractivity contribution is 9.10. The number of hydrogen-bond acceptors (Lipinski definition) is 3. The van der Waals surface area contributed by atoms with E-state index in [0.717, 1.165) is 12.8 Å². The molecule has 2 rings (SSSR count). The number of carbonyl (C=O) groups is 2. The molecule has 0 spiro atoms. The number of rotatable bonds is 2. The third-order valence-corrected chi connectivity index (χ3v) is 3.93. The normalized spacial score (nSPS) is 19.5. The predicted molar refractivity (Wildman–Crippen MR) is 74.7 cm³/mol. The second kappa shape index (κ2) is 6.14. The third-order valence-electron chi connectivity index (χ3n) is 3.30. The molecule has 102 valence electrons. The predicted octanol–water partition coefficient (Wildman–Crippen LogP) is 1.58. The molecule has 1 atom stereocenters. The second-order valence-corrected chi connectivity index (χ2v) is 5.43. The zero-order valence-electron chi connectivity index (χ0n) is 10.7. The van der Waals surface area contributed by atoms with E-state index in [1.807, 2.05) is 0 Å². The van der Waals surface area contributed by atoms with Crippen LogP contribution in [0.5, 0.6) is 0 Å². The topological polar surface area (TPSA) is 62.3 Å². The van der Waals surface area contributed by atoms with Gasteiger partial charge in [0.05, 0.1) is 5.56 Å². The van der Waals surface area contributed by atoms with Crippen LogP contribution in [0.1, 0.15) is 29.6 Å². The molecule has 5 nitrogen and oxygen atoms in total. The molecule has 19 heavy (non-hydrogen) atoms. The SMILES string of the molecule is CN(C(=O)c1ccncc1Br)C1CCCCNC1=O. The van der Waals surface area contributed by atoms with Gasteiger partial charge in [0.2, 0.25) is 5.91 Å². The largest absolute Gasteiger partial charge is 0.354 e. The van der Waals surface area contributed by atoms with Gasteiger partial charge in [0.15, 0.2) is 0 Å². The van der Waals surface area contributed by atoms with Crippen LogP contribution in [0.3, 0.4) is 0 Å². The van der Waals surface area contributed by atoms with Gasteiger partial charge in [-0.15, -0.1) is 0 Å². The molecule has 1 aromatic heterocycles. The third kappa shape index (κ3) is 3.12. The van der Waals surface area contributed by atoms with Gasteiger partial charge >= 0.3 is 0 Å². The molecule has 0 radical (unpaired) electrons. The summed E-state index contributed by atoms with van der Waals surface area (Å²) >= 11 is 3.31. The molecule has 0 bridgehead atoms. The van der Waals surface area contributed by atoms with Crippen LogP contribution in [-0.4, -0.2) is 41.3 Å². The molecule has 0 aliphatic carbocycles. The van der Waals surface area contributed by atoms with Crippen molar-refractivity contribution in [3.8, 4) is 0 Å². The summed E-state index contributed by atoms with van der Waals surface area (Å²) in [5, 5.41) is 2.84. The Morgan fingerprint density at radius 1 is 1.53 bits per heavy atom. The second-order valence-electron chi connectivity index (χ2n) is 4.57. The standard InChI is InChI=1S/C13H16BrN3O2/c1-17(11-4-2-3-6-16-12(11)18)13(19)9-5-7-15-8-10(9)14/h5,7-8,11H,2-4,6H2,1H3,(H,16,18). The zero-order chi connectivity index (χ0) is 13.8. The first-order valence-electron chi connectivity index (χ1n) is 6.25. The van der Waals surface area contributed by atoms with E-state index < -0.39 is 6.04 Å². The van der Waals surface area contributed by atoms with Gasteiger partial charge in [-0.25, -0.2) is 0 Å². The van der Waals surface area contributed by atoms with Crippen LogP contribution in [0.15, 0.2) is 22.9 Å². The summed E-state index contributed by atoms with van der Waals surface area (Å²) in [5.74, 6) is -0.241. The molecule has 1 saturated heterocycles. The maximum atomic E-state index is 12.4. The van der Waals surface area contributed by atoms with E-state index in [-0.39, 0.29) is 11.8 Å². The van der Waals surface area contributed by atoms with Gasteiger partial charge in [-0.2, -0.15) is 0 Å². The van der Waals surface area contributed by atoms with Crippen LogP contribution in [0.4, 0.5) is 0 Å². The fraction of sp³-hybridized carbons (Fsp3) is 0.462. The maximum absolute atomic E-state index is 12.4. The molecule has 0 aromatic carbocycles. The average Bonchev–Trinajstić information content (AvgIpc) is 2.62. The minimum Gasteiger partial charge on any atom is -0.354 e. The first kappa shape index (κ1) is 14.0. The monoisotopic (exact) mass is 325 g/mol. The van der Waals surface area contributed by atoms with Gasteiger partial charge in [-0.1, -0.05) is 0 Å². The van der Waals surface area contributed by atoms with Gasteiger partial charge in [-0.3, -0.25) is 14.6 Å². The van der Waals surface area contributed by atoms with E-state index in [4.69, 9.17) is 0 Å². The maximum Gasteiger partial charge on any atom is 0.255 e. The Balaban J connectivity index is 2.18. The van der Waals surface area contributed by atoms with Gasteiger partial charge in [0.1, 0.15) is 6.04 Å². The summed E-state index contributed by atoms with van der Waals surface area (Å²) in [7, 11) is 1.67. The molecule has 0 saturated carbocycles. The highest BCUT2D eigenvalue weighted by atomic mass is 79.9. The van der Waals surface area contributed by atoms with Crippen LogP contribution in [0, 0.1) is 0 Å². The number of nitrogens with one attached hydrogen (secondary N) is 1. The molecule has 1 aromatic rings. The molecule has 1 fully saturated rings. The fourth-order valence-electron chi connectivity index (χ4n) is 2.17. The number of nitrogens with zero attached hydrogens (tertiary/aromatic N) is 2. The number of pyridine rings is 1. The van der Waals surface area contributed by atoms with Crippen LogP contribution in [0.25, 0.3) is 0 Å². The Morgan fingerprint density at radius 2 is 2.32 bits per heavy atom. The molecular formula is C13H16BrN3O2. The summed E-state index contributed by atoms with van der Waals surface area (Å²) in [6.07, 6.45) is 5.76. The number of halogens is 1. The number of carbonyl (C=O) groups excluding carboxylic acids is 2. The Hall–Kier alpha value is -1.43. The van der Waals surface area contributed by atoms with Gasteiger partial charge < -0.3 is 10.2 Å². The minimum absolute atomic E-state index is 0.0708. The van der Waals surface area contributed by atoms with Gasteiger partial charge in [0, 0.05) is 30.5 Å². The molecule has 6 heteroatoms. The van der Waals surface area contributed by atoms with Gasteiger partial charge in [-0.05, 0) is 41.3 Å². The van der Waals surface area contributed by atoms with E-state index in [2.05, 4.69) is 26.2 Å². The van der Waals surface area contributed by atoms with Crippen LogP contribution >= 0.6 is 15.9 Å². The van der Waals surface area contributed by atoms with Crippen LogP contribution in [0.2, 0.25) is 0 Å². The quantitative estimate of drug-likeness (QED) is 0.898. The van der Waals surface area contributed by atoms with E-state index in [0.29, 0.717) is 23.0 Å². The smallest absolute Gasteiger partial charge is 0.255 e. The lowest BCUT2D eigenvalue weighted by atomic mass is 10.1. The summed E-state index contributed by atoms with van der Waals surface area (Å²) in [6, 6.07) is 1.26. The van der Waals surface area contributed by atoms with E-state index >= 15 is 0 Å². The van der Waals surface area contributed by atoms with Crippen molar-refractivity contribution in [3.63, 3.8) is 0 Å². The summed E-state index contributed by atoms with van der Waals surface area (Å²) in [4.78, 5) is 29.8. The van der Waals surface area contributed by atoms with Gasteiger partial charge in [0.25, 0.3) is 5.91 Å². The van der Waals surface area contributed by atoms with Crippen molar-refractivity contribution in [1.29, 1.82) is 0 Å². The summed E-state index contributed by atoms with van der Waals surface area (Å²) in [5.41, 5.74) is 0.523. The van der Waals surface area contributed by atoms with Crippen molar-refractivity contribution >= 4 is 27.7 Å². The molecule has 1 aliphatic heterocycles. The van der Waals surface area contributed by atoms with Crippen molar-refractivity contribution in [2.45, 2.75) is 25.3 Å². The van der Waals surface area contributed by atoms with Crippen molar-refractivity contribution in [2.75, 3.05) is 13.6 Å². The molecule has 2 amide bonds. The van der Waals surface area contributed by atoms with Crippen molar-refractivity contribution in [3.05, 3.63) is 28.5 Å². The van der Waals surface area contributed by atoms with E-state index in [1.54, 1.807) is 25.5 Å². The van der Waals surface area contributed by atoms with Crippen LogP contribution < -0.4 is 5.32 Å². The summed E-state index contributed by atoms with van der Waals surface area (Å²) < 4.78 is 0.640. The Kier molecular flexibility index (Phi) is 4.52. The molecule has 1 unspecified atom stereocenters. The first-order chi connectivity index (χ1) is 9.11. The number of hydrogen-bond donors (Lipinski definition) is 1. The van der Waals surface area contributed by atoms with E-state index in [1.165, 1.54) is 4.90 Å². The molecule has 2 heterocycles. The lowest BCUT2D eigenvalue weighted by molar-refractivity contribution is -0.125. The average molecular weight is 326 g/mol. The lowest BCUT2D eigenvalue weighted by Crippen LogP contribution is -2.46. The number of amides is 2. The molecule has 1 aliphatic rings. The molecule has 1 N–H and O–H groups in total. The van der Waals surface area contributed by atoms with E-state index in [9.17, 15) is 9.59 Å². The Labute approximate surface area is 120 Å². The number of likely N-dealkylation sites (N-methyl/N-ethyl adjacent to an activating group) is 1. The highest BCUT2D eigenvalue weighted by Crippen LogP contribution is 2.19.